The fourth-order valence-electron chi connectivity index (χ4n) is 4.53. The second-order valence-corrected chi connectivity index (χ2v) is 12.9. The topological polar surface area (TPSA) is 142 Å². The van der Waals surface area contributed by atoms with Gasteiger partial charge in [0.15, 0.2) is 0 Å². The summed E-state index contributed by atoms with van der Waals surface area (Å²) in [5.74, 6) is 0.391. The summed E-state index contributed by atoms with van der Waals surface area (Å²) in [5, 5.41) is 33.3. The molecular weight excluding hydrogens is 492 g/mol. The summed E-state index contributed by atoms with van der Waals surface area (Å²) in [6.07, 6.45) is 0.531. The minimum Gasteiger partial charge on any atom is -0.494 e. The number of aryl methyl sites for hydroxylation is 1. The summed E-state index contributed by atoms with van der Waals surface area (Å²) in [6.45, 7) is 5.57. The maximum Gasteiger partial charge on any atom is 0.242 e. The summed E-state index contributed by atoms with van der Waals surface area (Å²) >= 11 is 0. The molecule has 3 rings (SSSR count). The number of amides is 2. The molecule has 204 valence electrons. The molecule has 2 aromatic carbocycles. The number of aliphatic hydroxyl groups excluding tert-OH is 3. The van der Waals surface area contributed by atoms with Gasteiger partial charge in [0.25, 0.3) is 0 Å². The Morgan fingerprint density at radius 1 is 1.11 bits per heavy atom. The van der Waals surface area contributed by atoms with Crippen molar-refractivity contribution in [2.45, 2.75) is 69.1 Å². The predicted octanol–water partition coefficient (Wildman–Crippen LogP) is 1.89. The number of benzene rings is 2. The van der Waals surface area contributed by atoms with Crippen molar-refractivity contribution in [3.8, 4) is 5.75 Å². The van der Waals surface area contributed by atoms with E-state index in [1.165, 1.54) is 0 Å². The van der Waals surface area contributed by atoms with Gasteiger partial charge in [0.05, 0.1) is 18.8 Å². The molecule has 5 atom stereocenters. The number of primary amides is 1. The molecular formula is C28H40N2O6S. The fraction of sp³-hybridized carbons (Fsp3) is 0.500. The molecule has 2 aromatic rings. The Kier molecular flexibility index (Phi) is 9.63. The quantitative estimate of drug-likeness (QED) is 0.204. The molecule has 0 bridgehead atoms. The van der Waals surface area contributed by atoms with Crippen molar-refractivity contribution in [1.29, 1.82) is 0 Å². The normalized spacial score (nSPS) is 24.9. The molecule has 1 saturated heterocycles. The number of nitrogens with one attached hydrogen (secondary N) is 1. The maximum absolute atomic E-state index is 12.0. The van der Waals surface area contributed by atoms with Crippen molar-refractivity contribution in [2.24, 2.45) is 5.73 Å². The predicted molar refractivity (Wildman–Crippen MR) is 147 cm³/mol. The first-order chi connectivity index (χ1) is 17.4. The summed E-state index contributed by atoms with van der Waals surface area (Å²) in [5.41, 5.74) is 8.60. The molecule has 1 heterocycles. The average Bonchev–Trinajstić information content (AvgIpc) is 2.83. The summed E-state index contributed by atoms with van der Waals surface area (Å²) < 4.78 is 5.76. The monoisotopic (exact) mass is 532 g/mol. The summed E-state index contributed by atoms with van der Waals surface area (Å²) in [4.78, 5) is 23.3. The molecule has 0 aliphatic carbocycles. The minimum absolute atomic E-state index is 0.174. The van der Waals surface area contributed by atoms with Crippen LogP contribution < -0.4 is 15.8 Å². The molecule has 2 amide bonds. The van der Waals surface area contributed by atoms with Crippen molar-refractivity contribution in [3.05, 3.63) is 64.7 Å². The van der Waals surface area contributed by atoms with Crippen molar-refractivity contribution in [3.63, 3.8) is 0 Å². The maximum atomic E-state index is 12.0. The number of carbonyl (C=O) groups excluding carboxylic acids is 2. The second-order valence-electron chi connectivity index (χ2n) is 10.4. The molecule has 0 aromatic heterocycles. The van der Waals surface area contributed by atoms with Gasteiger partial charge in [-0.05, 0) is 74.3 Å². The van der Waals surface area contributed by atoms with Crippen LogP contribution in [0.2, 0.25) is 0 Å². The standard InChI is InChI=1S/C28H40N2O6S/c1-17-7-10-19(26-25(34)24(33)22(31)16-37(26)4)15-20(17)14-18-8-11-21(12-9-18)36-13-5-6-23(32)30-28(2,3)27(29)35/h7-12,15,22,24-26,31,33-34,37H,5-6,13-14,16H2,1-4H3,(H2,29,35)(H,30,32)/t22-,24-,25-,26+/m1/s1. The third kappa shape index (κ3) is 7.47. The number of carbonyl (C=O) groups is 2. The fourth-order valence-corrected chi connectivity index (χ4v) is 6.93. The van der Waals surface area contributed by atoms with Gasteiger partial charge in [-0.25, -0.2) is 10.9 Å². The zero-order chi connectivity index (χ0) is 27.3. The molecule has 6 N–H and O–H groups in total. The molecule has 37 heavy (non-hydrogen) atoms. The van der Waals surface area contributed by atoms with Crippen LogP contribution in [0.3, 0.4) is 0 Å². The highest BCUT2D eigenvalue weighted by Crippen LogP contribution is 2.48. The van der Waals surface area contributed by atoms with E-state index in [4.69, 9.17) is 10.5 Å². The number of hydrogen-bond acceptors (Lipinski definition) is 6. The van der Waals surface area contributed by atoms with E-state index in [0.29, 0.717) is 31.0 Å². The first-order valence-electron chi connectivity index (χ1n) is 12.6. The van der Waals surface area contributed by atoms with Crippen LogP contribution in [0.1, 0.15) is 54.2 Å². The Morgan fingerprint density at radius 2 is 1.78 bits per heavy atom. The Balaban J connectivity index is 1.56. The number of hydrogen-bond donors (Lipinski definition) is 6. The Labute approximate surface area is 221 Å². The lowest BCUT2D eigenvalue weighted by atomic mass is 9.94. The highest BCUT2D eigenvalue weighted by atomic mass is 32.2. The van der Waals surface area contributed by atoms with E-state index in [9.17, 15) is 24.9 Å². The van der Waals surface area contributed by atoms with E-state index in [-0.39, 0.29) is 17.6 Å². The molecule has 1 unspecified atom stereocenters. The number of ether oxygens (including phenoxy) is 1. The second kappa shape index (κ2) is 12.3. The Morgan fingerprint density at radius 3 is 2.43 bits per heavy atom. The number of rotatable bonds is 10. The van der Waals surface area contributed by atoms with Gasteiger partial charge in [0.1, 0.15) is 17.4 Å². The van der Waals surface area contributed by atoms with Gasteiger partial charge in [-0.15, -0.1) is 0 Å². The van der Waals surface area contributed by atoms with Crippen molar-refractivity contribution in [1.82, 2.24) is 5.32 Å². The van der Waals surface area contributed by atoms with E-state index < -0.39 is 40.7 Å². The van der Waals surface area contributed by atoms with Crippen LogP contribution in [0.5, 0.6) is 5.75 Å². The lowest BCUT2D eigenvalue weighted by molar-refractivity contribution is -0.130. The highest BCUT2D eigenvalue weighted by Gasteiger charge is 2.40. The van der Waals surface area contributed by atoms with Gasteiger partial charge in [-0.3, -0.25) is 9.59 Å². The Bertz CT molecular complexity index is 1090. The lowest BCUT2D eigenvalue weighted by Crippen LogP contribution is -2.53. The third-order valence-electron chi connectivity index (χ3n) is 6.94. The van der Waals surface area contributed by atoms with Crippen molar-refractivity contribution in [2.75, 3.05) is 18.6 Å². The van der Waals surface area contributed by atoms with Gasteiger partial charge in [-0.1, -0.05) is 30.3 Å². The number of thiol groups is 1. The van der Waals surface area contributed by atoms with Crippen molar-refractivity contribution >= 4 is 22.7 Å². The summed E-state index contributed by atoms with van der Waals surface area (Å²) in [7, 11) is -0.666. The minimum atomic E-state index is -1.13. The average molecular weight is 533 g/mol. The van der Waals surface area contributed by atoms with E-state index in [0.717, 1.165) is 22.3 Å². The highest BCUT2D eigenvalue weighted by molar-refractivity contribution is 8.16. The first-order valence-corrected chi connectivity index (χ1v) is 14.6. The molecule has 9 heteroatoms. The van der Waals surface area contributed by atoms with Gasteiger partial charge >= 0.3 is 0 Å². The molecule has 1 fully saturated rings. The molecule has 0 saturated carbocycles. The first kappa shape index (κ1) is 29.0. The molecule has 8 nitrogen and oxygen atoms in total. The van der Waals surface area contributed by atoms with E-state index in [1.807, 2.05) is 30.3 Å². The van der Waals surface area contributed by atoms with E-state index in [2.05, 4.69) is 30.6 Å². The zero-order valence-corrected chi connectivity index (χ0v) is 22.9. The zero-order valence-electron chi connectivity index (χ0n) is 22.0. The van der Waals surface area contributed by atoms with Gasteiger partial charge in [0.2, 0.25) is 11.8 Å². The van der Waals surface area contributed by atoms with Gasteiger partial charge in [-0.2, -0.15) is 0 Å². The van der Waals surface area contributed by atoms with Crippen LogP contribution in [-0.4, -0.2) is 69.6 Å². The largest absolute Gasteiger partial charge is 0.494 e. The SMILES string of the molecule is Cc1ccc([C@H]2[C@H](O)[C@H](O)[C@H](O)C[SH]2C)cc1Cc1ccc(OCCCC(=O)NC(C)(C)C(N)=O)cc1. The number of nitrogens with two attached hydrogens (primary N) is 1. The van der Waals surface area contributed by atoms with Crippen LogP contribution in [0.4, 0.5) is 0 Å². The Hall–Kier alpha value is -2.59. The smallest absolute Gasteiger partial charge is 0.242 e. The lowest BCUT2D eigenvalue weighted by Gasteiger charge is -2.42. The van der Waals surface area contributed by atoms with Crippen LogP contribution in [-0.2, 0) is 16.0 Å². The molecule has 1 aliphatic heterocycles. The van der Waals surface area contributed by atoms with Gasteiger partial charge < -0.3 is 31.1 Å². The van der Waals surface area contributed by atoms with E-state index in [1.54, 1.807) is 13.8 Å². The van der Waals surface area contributed by atoms with Crippen molar-refractivity contribution < 1.29 is 29.6 Å². The third-order valence-corrected chi connectivity index (χ3v) is 9.44. The molecule has 0 spiro atoms. The van der Waals surface area contributed by atoms with Crippen LogP contribution >= 0.6 is 10.9 Å². The molecule has 0 radical (unpaired) electrons. The van der Waals surface area contributed by atoms with Gasteiger partial charge in [0, 0.05) is 17.4 Å². The van der Waals surface area contributed by atoms with Crippen LogP contribution in [0.15, 0.2) is 42.5 Å². The number of aliphatic hydroxyl groups is 3. The van der Waals surface area contributed by atoms with Crippen LogP contribution in [0.25, 0.3) is 0 Å². The van der Waals surface area contributed by atoms with E-state index >= 15 is 0 Å². The summed E-state index contributed by atoms with van der Waals surface area (Å²) in [6, 6.07) is 14.0. The molecule has 1 aliphatic rings. The van der Waals surface area contributed by atoms with Crippen LogP contribution in [0, 0.1) is 6.92 Å².